The molecule has 0 aliphatic carbocycles. The number of rotatable bonds is 7. The second-order valence-electron chi connectivity index (χ2n) is 6.64. The molecule has 3 aromatic carbocycles. The van der Waals surface area contributed by atoms with E-state index in [4.69, 9.17) is 27.9 Å². The molecule has 0 amide bonds. The van der Waals surface area contributed by atoms with E-state index < -0.39 is 25.5 Å². The van der Waals surface area contributed by atoms with Crippen molar-refractivity contribution in [2.24, 2.45) is 0 Å². The fourth-order valence-electron chi connectivity index (χ4n) is 2.66. The minimum atomic E-state index is -4.23. The third-order valence-corrected chi connectivity index (χ3v) is 5.97. The van der Waals surface area contributed by atoms with Crippen molar-refractivity contribution < 1.29 is 18.1 Å². The van der Waals surface area contributed by atoms with Crippen LogP contribution in [-0.4, -0.2) is 27.4 Å². The quantitative estimate of drug-likeness (QED) is 0.350. The van der Waals surface area contributed by atoms with Crippen molar-refractivity contribution in [3.05, 3.63) is 80.8 Å². The van der Waals surface area contributed by atoms with Gasteiger partial charge in [0.15, 0.2) is 0 Å². The van der Waals surface area contributed by atoms with Crippen LogP contribution in [0.2, 0.25) is 10.0 Å². The lowest BCUT2D eigenvalue weighted by atomic mass is 10.3. The topological polar surface area (TPSA) is 102 Å². The average molecular weight is 482 g/mol. The summed E-state index contributed by atoms with van der Waals surface area (Å²) in [6, 6.07) is 14.3. The molecule has 3 aromatic rings. The van der Waals surface area contributed by atoms with Gasteiger partial charge >= 0.3 is 0 Å². The lowest BCUT2D eigenvalue weighted by molar-refractivity contribution is -0.385. The first-order valence-electron chi connectivity index (χ1n) is 8.78. The first-order chi connectivity index (χ1) is 14.5. The minimum absolute atomic E-state index is 0.124. The number of hydrogen-bond donors (Lipinski definition) is 1. The number of benzene rings is 3. The Hall–Kier alpha value is -3.01. The van der Waals surface area contributed by atoms with Crippen LogP contribution in [0.3, 0.4) is 0 Å². The smallest absolute Gasteiger partial charge is 0.271 e. The molecule has 162 valence electrons. The summed E-state index contributed by atoms with van der Waals surface area (Å²) in [4.78, 5) is 12.0. The van der Waals surface area contributed by atoms with Crippen molar-refractivity contribution >= 4 is 50.3 Å². The molecule has 0 heterocycles. The van der Waals surface area contributed by atoms with Gasteiger partial charge in [0.25, 0.3) is 15.7 Å². The van der Waals surface area contributed by atoms with Gasteiger partial charge in [-0.1, -0.05) is 23.2 Å². The van der Waals surface area contributed by atoms with Gasteiger partial charge in [0.2, 0.25) is 0 Å². The second kappa shape index (κ2) is 9.01. The minimum Gasteiger partial charge on any atom is -0.456 e. The number of anilines is 2. The highest BCUT2D eigenvalue weighted by atomic mass is 35.5. The summed E-state index contributed by atoms with van der Waals surface area (Å²) >= 11 is 11.9. The molecule has 11 heteroatoms. The number of nitrogens with zero attached hydrogens (tertiary/aromatic N) is 2. The zero-order valence-electron chi connectivity index (χ0n) is 16.4. The van der Waals surface area contributed by atoms with Crippen LogP contribution in [0.4, 0.5) is 17.1 Å². The van der Waals surface area contributed by atoms with Gasteiger partial charge in [-0.15, -0.1) is 0 Å². The van der Waals surface area contributed by atoms with Gasteiger partial charge in [-0.2, -0.15) is 0 Å². The molecule has 31 heavy (non-hydrogen) atoms. The van der Waals surface area contributed by atoms with Gasteiger partial charge < -0.3 is 9.64 Å². The molecule has 1 N–H and O–H groups in total. The van der Waals surface area contributed by atoms with Gasteiger partial charge in [0, 0.05) is 47.6 Å². The largest absolute Gasteiger partial charge is 0.456 e. The van der Waals surface area contributed by atoms with Crippen LogP contribution in [0.15, 0.2) is 65.6 Å². The number of sulfonamides is 1. The summed E-state index contributed by atoms with van der Waals surface area (Å²) in [6.45, 7) is 0. The maximum atomic E-state index is 13.1. The Bertz CT molecular complexity index is 1210. The Labute approximate surface area is 189 Å². The Kier molecular flexibility index (Phi) is 6.59. The predicted molar refractivity (Wildman–Crippen MR) is 121 cm³/mol. The summed E-state index contributed by atoms with van der Waals surface area (Å²) in [7, 11) is -0.522. The maximum Gasteiger partial charge on any atom is 0.271 e. The standard InChI is InChI=1S/C20H17Cl2N3O5S/c1-24(2)16-5-3-15(4-6-16)23-31(28,29)20-12-17(25(26)27)7-8-19(20)30-18-10-13(21)9-14(22)11-18/h3-12,23H,1-2H3. The van der Waals surface area contributed by atoms with E-state index in [0.29, 0.717) is 0 Å². The highest BCUT2D eigenvalue weighted by Crippen LogP contribution is 2.35. The summed E-state index contributed by atoms with van der Waals surface area (Å²) in [6.07, 6.45) is 0. The van der Waals surface area contributed by atoms with E-state index in [9.17, 15) is 18.5 Å². The van der Waals surface area contributed by atoms with Crippen molar-refractivity contribution in [3.63, 3.8) is 0 Å². The van der Waals surface area contributed by atoms with Gasteiger partial charge in [0.05, 0.1) is 4.92 Å². The third kappa shape index (κ3) is 5.57. The molecule has 0 aromatic heterocycles. The fraction of sp³-hybridized carbons (Fsp3) is 0.100. The van der Waals surface area contributed by atoms with Crippen molar-refractivity contribution in [1.29, 1.82) is 0 Å². The first kappa shape index (κ1) is 22.7. The lowest BCUT2D eigenvalue weighted by Crippen LogP contribution is -2.14. The third-order valence-electron chi connectivity index (χ3n) is 4.13. The van der Waals surface area contributed by atoms with Crippen molar-refractivity contribution in [3.8, 4) is 11.5 Å². The molecular formula is C20H17Cl2N3O5S. The van der Waals surface area contributed by atoms with E-state index in [2.05, 4.69) is 4.72 Å². The maximum absolute atomic E-state index is 13.1. The number of nitrogens with one attached hydrogen (secondary N) is 1. The number of hydrogen-bond acceptors (Lipinski definition) is 6. The molecule has 0 fully saturated rings. The Morgan fingerprint density at radius 2 is 1.58 bits per heavy atom. The Balaban J connectivity index is 2.01. The summed E-state index contributed by atoms with van der Waals surface area (Å²) in [5.74, 6) is 0.0551. The van der Waals surface area contributed by atoms with E-state index in [-0.39, 0.29) is 27.2 Å². The fourth-order valence-corrected chi connectivity index (χ4v) is 4.37. The van der Waals surface area contributed by atoms with Gasteiger partial charge in [0.1, 0.15) is 16.4 Å². The SMILES string of the molecule is CN(C)c1ccc(NS(=O)(=O)c2cc([N+](=O)[O-])ccc2Oc2cc(Cl)cc(Cl)c2)cc1. The zero-order valence-corrected chi connectivity index (χ0v) is 18.7. The molecule has 3 rings (SSSR count). The molecule has 0 saturated carbocycles. The van der Waals surface area contributed by atoms with Gasteiger partial charge in [-0.25, -0.2) is 8.42 Å². The van der Waals surface area contributed by atoms with E-state index >= 15 is 0 Å². The summed E-state index contributed by atoms with van der Waals surface area (Å²) < 4.78 is 34.2. The molecular weight excluding hydrogens is 465 g/mol. The van der Waals surface area contributed by atoms with E-state index in [0.717, 1.165) is 17.8 Å². The number of non-ortho nitro benzene ring substituents is 1. The van der Waals surface area contributed by atoms with Crippen LogP contribution >= 0.6 is 23.2 Å². The zero-order chi connectivity index (χ0) is 22.8. The van der Waals surface area contributed by atoms with Crippen LogP contribution in [0, 0.1) is 10.1 Å². The normalized spacial score (nSPS) is 11.1. The number of nitro benzene ring substituents is 1. The molecule has 0 saturated heterocycles. The molecule has 0 bridgehead atoms. The molecule has 0 atom stereocenters. The van der Waals surface area contributed by atoms with Gasteiger partial charge in [-0.05, 0) is 48.5 Å². The van der Waals surface area contributed by atoms with Crippen molar-refractivity contribution in [1.82, 2.24) is 0 Å². The van der Waals surface area contributed by atoms with Crippen LogP contribution in [0.1, 0.15) is 0 Å². The van der Waals surface area contributed by atoms with Crippen LogP contribution in [0.5, 0.6) is 11.5 Å². The van der Waals surface area contributed by atoms with E-state index in [1.54, 1.807) is 24.3 Å². The number of nitro groups is 1. The summed E-state index contributed by atoms with van der Waals surface area (Å²) in [5.41, 5.74) is 0.758. The number of halogens is 2. The average Bonchev–Trinajstić information content (AvgIpc) is 2.67. The van der Waals surface area contributed by atoms with Crippen molar-refractivity contribution in [2.75, 3.05) is 23.7 Å². The molecule has 0 radical (unpaired) electrons. The van der Waals surface area contributed by atoms with Crippen LogP contribution < -0.4 is 14.4 Å². The molecule has 0 spiro atoms. The lowest BCUT2D eigenvalue weighted by Gasteiger charge is -2.15. The monoisotopic (exact) mass is 481 g/mol. The van der Waals surface area contributed by atoms with Crippen molar-refractivity contribution in [2.45, 2.75) is 4.90 Å². The highest BCUT2D eigenvalue weighted by molar-refractivity contribution is 7.92. The highest BCUT2D eigenvalue weighted by Gasteiger charge is 2.24. The first-order valence-corrected chi connectivity index (χ1v) is 11.0. The Morgan fingerprint density at radius 1 is 0.968 bits per heavy atom. The number of ether oxygens (including phenoxy) is 1. The Morgan fingerprint density at radius 3 is 2.13 bits per heavy atom. The van der Waals surface area contributed by atoms with Gasteiger partial charge in [-0.3, -0.25) is 14.8 Å². The molecule has 8 nitrogen and oxygen atoms in total. The van der Waals surface area contributed by atoms with Crippen LogP contribution in [0.25, 0.3) is 0 Å². The molecule has 0 aliphatic heterocycles. The van der Waals surface area contributed by atoms with Crippen LogP contribution in [-0.2, 0) is 10.0 Å². The second-order valence-corrected chi connectivity index (χ2v) is 9.17. The predicted octanol–water partition coefficient (Wildman–Crippen LogP) is 5.56. The summed E-state index contributed by atoms with van der Waals surface area (Å²) in [5, 5.41) is 11.8. The van der Waals surface area contributed by atoms with E-state index in [1.165, 1.54) is 24.3 Å². The van der Waals surface area contributed by atoms with E-state index in [1.807, 2.05) is 19.0 Å². The molecule has 0 aliphatic rings. The molecule has 0 unspecified atom stereocenters.